The molecular formula is C23H28N6O4S. The molecule has 2 heterocycles. The Hall–Kier alpha value is -3.83. The summed E-state index contributed by atoms with van der Waals surface area (Å²) in [5.74, 6) is -0.957. The Labute approximate surface area is 201 Å². The van der Waals surface area contributed by atoms with E-state index in [4.69, 9.17) is 5.73 Å². The summed E-state index contributed by atoms with van der Waals surface area (Å²) in [5.41, 5.74) is 8.19. The van der Waals surface area contributed by atoms with Gasteiger partial charge in [0.25, 0.3) is 5.91 Å². The highest BCUT2D eigenvalue weighted by atomic mass is 32.1. The third kappa shape index (κ3) is 6.83. The van der Waals surface area contributed by atoms with Crippen molar-refractivity contribution in [1.82, 2.24) is 14.8 Å². The van der Waals surface area contributed by atoms with Gasteiger partial charge in [0.1, 0.15) is 5.69 Å². The van der Waals surface area contributed by atoms with Crippen molar-refractivity contribution in [2.24, 2.45) is 0 Å². The molecule has 0 fully saturated rings. The topological polar surface area (TPSA) is 144 Å². The molecule has 180 valence electrons. The van der Waals surface area contributed by atoms with Gasteiger partial charge in [-0.05, 0) is 50.8 Å². The monoisotopic (exact) mass is 484 g/mol. The SMILES string of the molecule is CN(C)CCCN(Cc1ccc(C(=O)Nc2cscc2N)nc1)C(=O)Nc1ccc(O)c(O)c1. The zero-order chi connectivity index (χ0) is 24.7. The molecule has 6 N–H and O–H groups in total. The number of urea groups is 1. The van der Waals surface area contributed by atoms with Crippen LogP contribution in [0.2, 0.25) is 0 Å². The Kier molecular flexibility index (Phi) is 8.28. The smallest absolute Gasteiger partial charge is 0.322 e. The molecule has 2 aromatic heterocycles. The highest BCUT2D eigenvalue weighted by molar-refractivity contribution is 7.09. The van der Waals surface area contributed by atoms with Crippen LogP contribution < -0.4 is 16.4 Å². The minimum absolute atomic E-state index is 0.234. The van der Waals surface area contributed by atoms with Gasteiger partial charge in [0.2, 0.25) is 0 Å². The maximum atomic E-state index is 12.9. The van der Waals surface area contributed by atoms with Crippen LogP contribution in [0, 0.1) is 0 Å². The molecule has 1 aromatic carbocycles. The van der Waals surface area contributed by atoms with Gasteiger partial charge in [-0.3, -0.25) is 9.78 Å². The number of aromatic hydroxyl groups is 2. The van der Waals surface area contributed by atoms with Crippen LogP contribution in [0.25, 0.3) is 0 Å². The van der Waals surface area contributed by atoms with E-state index in [1.807, 2.05) is 19.0 Å². The number of carbonyl (C=O) groups is 2. The zero-order valence-corrected chi connectivity index (χ0v) is 19.8. The van der Waals surface area contributed by atoms with E-state index in [1.54, 1.807) is 34.0 Å². The Bertz CT molecular complexity index is 1130. The summed E-state index contributed by atoms with van der Waals surface area (Å²) in [4.78, 5) is 33.2. The van der Waals surface area contributed by atoms with Crippen LogP contribution in [-0.4, -0.2) is 64.1 Å². The van der Waals surface area contributed by atoms with Gasteiger partial charge >= 0.3 is 6.03 Å². The van der Waals surface area contributed by atoms with Crippen LogP contribution in [0.15, 0.2) is 47.3 Å². The standard InChI is InChI=1S/C23H28N6O4S/c1-28(2)8-3-9-29(23(33)26-16-5-7-20(30)21(31)10-16)12-15-4-6-18(25-11-15)22(32)27-19-14-34-13-17(19)24/h4-7,10-11,13-14,30-31H,3,8-9,12,24H2,1-2H3,(H,26,33)(H,27,32). The van der Waals surface area contributed by atoms with E-state index in [1.165, 1.54) is 29.5 Å². The van der Waals surface area contributed by atoms with Crippen LogP contribution in [0.3, 0.4) is 0 Å². The summed E-state index contributed by atoms with van der Waals surface area (Å²) in [5, 5.41) is 28.1. The first kappa shape index (κ1) is 24.8. The van der Waals surface area contributed by atoms with Crippen LogP contribution in [-0.2, 0) is 6.54 Å². The lowest BCUT2D eigenvalue weighted by Crippen LogP contribution is -2.36. The average molecular weight is 485 g/mol. The van der Waals surface area contributed by atoms with Crippen LogP contribution in [0.5, 0.6) is 11.5 Å². The van der Waals surface area contributed by atoms with Crippen molar-refractivity contribution in [1.29, 1.82) is 0 Å². The third-order valence-corrected chi connectivity index (χ3v) is 5.68. The summed E-state index contributed by atoms with van der Waals surface area (Å²) >= 11 is 1.39. The number of nitrogens with one attached hydrogen (secondary N) is 2. The number of amides is 3. The predicted octanol–water partition coefficient (Wildman–Crippen LogP) is 3.37. The van der Waals surface area contributed by atoms with E-state index in [0.717, 1.165) is 18.5 Å². The van der Waals surface area contributed by atoms with Crippen molar-refractivity contribution in [2.45, 2.75) is 13.0 Å². The maximum absolute atomic E-state index is 12.9. The highest BCUT2D eigenvalue weighted by Gasteiger charge is 2.16. The summed E-state index contributed by atoms with van der Waals surface area (Å²) in [6.07, 6.45) is 2.31. The molecule has 0 radical (unpaired) electrons. The van der Waals surface area contributed by atoms with Crippen LogP contribution in [0.1, 0.15) is 22.5 Å². The number of phenols is 2. The first-order valence-corrected chi connectivity index (χ1v) is 11.5. The van der Waals surface area contributed by atoms with E-state index >= 15 is 0 Å². The second-order valence-corrected chi connectivity index (χ2v) is 8.70. The summed E-state index contributed by atoms with van der Waals surface area (Å²) in [6.45, 7) is 1.55. The number of nitrogens with two attached hydrogens (primary N) is 1. The van der Waals surface area contributed by atoms with Crippen molar-refractivity contribution >= 4 is 40.3 Å². The van der Waals surface area contributed by atoms with Gasteiger partial charge in [-0.1, -0.05) is 6.07 Å². The van der Waals surface area contributed by atoms with Crippen molar-refractivity contribution in [3.05, 3.63) is 58.5 Å². The second kappa shape index (κ2) is 11.3. The Balaban J connectivity index is 1.68. The summed E-state index contributed by atoms with van der Waals surface area (Å²) in [7, 11) is 3.92. The fourth-order valence-corrected chi connectivity index (χ4v) is 3.77. The Morgan fingerprint density at radius 3 is 2.47 bits per heavy atom. The molecule has 34 heavy (non-hydrogen) atoms. The third-order valence-electron chi connectivity index (χ3n) is 4.92. The molecule has 3 amide bonds. The molecule has 3 rings (SSSR count). The van der Waals surface area contributed by atoms with Gasteiger partial charge in [0.15, 0.2) is 11.5 Å². The molecule has 0 aliphatic rings. The number of thiophene rings is 1. The molecule has 10 nitrogen and oxygen atoms in total. The number of phenolic OH excluding ortho intramolecular Hbond substituents is 2. The number of pyridine rings is 1. The van der Waals surface area contributed by atoms with Crippen molar-refractivity contribution < 1.29 is 19.8 Å². The largest absolute Gasteiger partial charge is 0.504 e. The molecule has 0 aliphatic carbocycles. The number of hydrogen-bond donors (Lipinski definition) is 5. The molecule has 0 saturated heterocycles. The number of anilines is 3. The fraction of sp³-hybridized carbons (Fsp3) is 0.261. The van der Waals surface area contributed by atoms with Gasteiger partial charge < -0.3 is 36.4 Å². The molecule has 0 atom stereocenters. The fourth-order valence-electron chi connectivity index (χ4n) is 3.10. The van der Waals surface area contributed by atoms with Crippen molar-refractivity contribution in [3.63, 3.8) is 0 Å². The lowest BCUT2D eigenvalue weighted by molar-refractivity contribution is 0.102. The van der Waals surface area contributed by atoms with Gasteiger partial charge in [-0.2, -0.15) is 0 Å². The number of benzene rings is 1. The normalized spacial score (nSPS) is 10.8. The highest BCUT2D eigenvalue weighted by Crippen LogP contribution is 2.27. The van der Waals surface area contributed by atoms with E-state index in [-0.39, 0.29) is 35.7 Å². The number of rotatable bonds is 9. The summed E-state index contributed by atoms with van der Waals surface area (Å²) < 4.78 is 0. The Morgan fingerprint density at radius 2 is 1.85 bits per heavy atom. The Morgan fingerprint density at radius 1 is 1.06 bits per heavy atom. The number of nitrogens with zero attached hydrogens (tertiary/aromatic N) is 3. The first-order valence-electron chi connectivity index (χ1n) is 10.5. The van der Waals surface area contributed by atoms with Gasteiger partial charge in [-0.15, -0.1) is 11.3 Å². The zero-order valence-electron chi connectivity index (χ0n) is 19.0. The molecule has 11 heteroatoms. The van der Waals surface area contributed by atoms with Crippen LogP contribution in [0.4, 0.5) is 21.9 Å². The molecule has 0 bridgehead atoms. The van der Waals surface area contributed by atoms with Gasteiger partial charge in [-0.25, -0.2) is 4.79 Å². The van der Waals surface area contributed by atoms with E-state index in [0.29, 0.717) is 23.6 Å². The molecular weight excluding hydrogens is 456 g/mol. The maximum Gasteiger partial charge on any atom is 0.322 e. The quantitative estimate of drug-likeness (QED) is 0.231. The lowest BCUT2D eigenvalue weighted by atomic mass is 10.2. The number of carbonyl (C=O) groups excluding carboxylic acids is 2. The number of hydrogen-bond acceptors (Lipinski definition) is 8. The van der Waals surface area contributed by atoms with E-state index < -0.39 is 0 Å². The number of aromatic nitrogens is 1. The summed E-state index contributed by atoms with van der Waals surface area (Å²) in [6, 6.07) is 7.07. The van der Waals surface area contributed by atoms with E-state index in [2.05, 4.69) is 15.6 Å². The molecule has 3 aromatic rings. The minimum Gasteiger partial charge on any atom is -0.504 e. The van der Waals surface area contributed by atoms with Crippen LogP contribution >= 0.6 is 11.3 Å². The second-order valence-electron chi connectivity index (χ2n) is 7.96. The molecule has 0 unspecified atom stereocenters. The molecule has 0 spiro atoms. The predicted molar refractivity (Wildman–Crippen MR) is 133 cm³/mol. The van der Waals surface area contributed by atoms with Gasteiger partial charge in [0, 0.05) is 41.8 Å². The average Bonchev–Trinajstić information content (AvgIpc) is 3.20. The van der Waals surface area contributed by atoms with Gasteiger partial charge in [0.05, 0.1) is 11.4 Å². The van der Waals surface area contributed by atoms with E-state index in [9.17, 15) is 19.8 Å². The first-order chi connectivity index (χ1) is 16.2. The lowest BCUT2D eigenvalue weighted by Gasteiger charge is -2.24. The van der Waals surface area contributed by atoms with Crippen molar-refractivity contribution in [2.75, 3.05) is 43.6 Å². The minimum atomic E-state index is -0.371. The van der Waals surface area contributed by atoms with Crippen molar-refractivity contribution in [3.8, 4) is 11.5 Å². The molecule has 0 saturated carbocycles. The number of nitrogen functional groups attached to an aromatic ring is 1. The molecule has 0 aliphatic heterocycles.